The van der Waals surface area contributed by atoms with Crippen LogP contribution in [0.2, 0.25) is 0 Å². The summed E-state index contributed by atoms with van der Waals surface area (Å²) < 4.78 is 27.7. The third-order valence-electron chi connectivity index (χ3n) is 4.31. The number of rotatable bonds is 1. The average molecular weight is 276 g/mol. The lowest BCUT2D eigenvalue weighted by Gasteiger charge is -2.32. The van der Waals surface area contributed by atoms with Crippen molar-refractivity contribution < 1.29 is 13.7 Å². The summed E-state index contributed by atoms with van der Waals surface area (Å²) in [6.07, 6.45) is 1.60. The van der Waals surface area contributed by atoms with Gasteiger partial charge in [0.15, 0.2) is 0 Å². The smallest absolute Gasteiger partial charge is 0.399 e. The number of hydrogen-bond donors (Lipinski definition) is 0. The fourth-order valence-electron chi connectivity index (χ4n) is 2.37. The monoisotopic (exact) mass is 276 g/mol. The van der Waals surface area contributed by atoms with Crippen molar-refractivity contribution in [2.45, 2.75) is 38.9 Å². The molecule has 1 aromatic carbocycles. The molecule has 20 heavy (non-hydrogen) atoms. The predicted octanol–water partition coefficient (Wildman–Crippen LogP) is 2.01. The molecule has 2 aromatic rings. The standard InChI is InChI=1S/C14H18BFN2O2/c1-13(2)14(3,4)20-15(19-13)9-6-10(16)12-11(7-9)17-8-18(12)5/h6-8H,1-5H3. The second-order valence-corrected chi connectivity index (χ2v) is 6.31. The zero-order valence-corrected chi connectivity index (χ0v) is 12.4. The van der Waals surface area contributed by atoms with Gasteiger partial charge >= 0.3 is 7.12 Å². The lowest BCUT2D eigenvalue weighted by Crippen LogP contribution is -2.41. The number of hydrogen-bond acceptors (Lipinski definition) is 3. The lowest BCUT2D eigenvalue weighted by molar-refractivity contribution is 0.00578. The van der Waals surface area contributed by atoms with Crippen molar-refractivity contribution in [1.29, 1.82) is 0 Å². The van der Waals surface area contributed by atoms with E-state index in [0.29, 0.717) is 16.5 Å². The van der Waals surface area contributed by atoms with Gasteiger partial charge in [0.2, 0.25) is 0 Å². The number of nitrogens with zero attached hydrogens (tertiary/aromatic N) is 2. The van der Waals surface area contributed by atoms with Crippen LogP contribution in [0.5, 0.6) is 0 Å². The van der Waals surface area contributed by atoms with Crippen LogP contribution in [0.15, 0.2) is 18.5 Å². The Hall–Kier alpha value is -1.40. The maximum atomic E-state index is 14.2. The first-order valence-corrected chi connectivity index (χ1v) is 6.67. The Morgan fingerprint density at radius 1 is 1.15 bits per heavy atom. The molecule has 3 rings (SSSR count). The average Bonchev–Trinajstić information content (AvgIpc) is 2.78. The van der Waals surface area contributed by atoms with Crippen molar-refractivity contribution in [3.05, 3.63) is 24.3 Å². The summed E-state index contributed by atoms with van der Waals surface area (Å²) in [5, 5.41) is 0. The molecular formula is C14H18BFN2O2. The van der Waals surface area contributed by atoms with E-state index in [-0.39, 0.29) is 5.82 Å². The van der Waals surface area contributed by atoms with E-state index in [9.17, 15) is 4.39 Å². The molecule has 0 unspecified atom stereocenters. The topological polar surface area (TPSA) is 36.3 Å². The molecule has 4 nitrogen and oxygen atoms in total. The summed E-state index contributed by atoms with van der Waals surface area (Å²) in [5.41, 5.74) is 0.885. The number of halogens is 1. The van der Waals surface area contributed by atoms with Crippen molar-refractivity contribution in [3.8, 4) is 0 Å². The quantitative estimate of drug-likeness (QED) is 0.747. The molecule has 0 N–H and O–H groups in total. The molecule has 1 aliphatic heterocycles. The van der Waals surface area contributed by atoms with Gasteiger partial charge in [-0.2, -0.15) is 0 Å². The molecule has 0 aliphatic carbocycles. The van der Waals surface area contributed by atoms with E-state index in [0.717, 1.165) is 0 Å². The minimum Gasteiger partial charge on any atom is -0.399 e. The lowest BCUT2D eigenvalue weighted by atomic mass is 9.79. The highest BCUT2D eigenvalue weighted by Crippen LogP contribution is 2.36. The number of benzene rings is 1. The summed E-state index contributed by atoms with van der Waals surface area (Å²) in [6, 6.07) is 3.28. The molecule has 106 valence electrons. The molecule has 0 bridgehead atoms. The van der Waals surface area contributed by atoms with E-state index in [2.05, 4.69) is 4.98 Å². The summed E-state index contributed by atoms with van der Waals surface area (Å²) >= 11 is 0. The number of fused-ring (bicyclic) bond motifs is 1. The van der Waals surface area contributed by atoms with Gasteiger partial charge in [-0.05, 0) is 45.3 Å². The number of imidazole rings is 1. The largest absolute Gasteiger partial charge is 0.495 e. The Balaban J connectivity index is 2.04. The first-order chi connectivity index (χ1) is 9.21. The van der Waals surface area contributed by atoms with Crippen LogP contribution < -0.4 is 5.46 Å². The third-order valence-corrected chi connectivity index (χ3v) is 4.31. The van der Waals surface area contributed by atoms with Gasteiger partial charge < -0.3 is 13.9 Å². The van der Waals surface area contributed by atoms with Gasteiger partial charge in [0, 0.05) is 7.05 Å². The Morgan fingerprint density at radius 2 is 1.75 bits per heavy atom. The van der Waals surface area contributed by atoms with Gasteiger partial charge in [-0.25, -0.2) is 9.37 Å². The Kier molecular flexibility index (Phi) is 2.75. The van der Waals surface area contributed by atoms with E-state index < -0.39 is 18.3 Å². The highest BCUT2D eigenvalue weighted by Gasteiger charge is 2.51. The maximum Gasteiger partial charge on any atom is 0.495 e. The summed E-state index contributed by atoms with van der Waals surface area (Å²) in [5.74, 6) is -0.313. The highest BCUT2D eigenvalue weighted by molar-refractivity contribution is 6.62. The molecule has 6 heteroatoms. The van der Waals surface area contributed by atoms with Gasteiger partial charge in [0.25, 0.3) is 0 Å². The Bertz CT molecular complexity index is 665. The van der Waals surface area contributed by atoms with Crippen LogP contribution in [0.4, 0.5) is 4.39 Å². The van der Waals surface area contributed by atoms with E-state index >= 15 is 0 Å². The van der Waals surface area contributed by atoms with E-state index in [1.54, 1.807) is 17.9 Å². The van der Waals surface area contributed by atoms with Crippen LogP contribution in [0.3, 0.4) is 0 Å². The van der Waals surface area contributed by atoms with Crippen molar-refractivity contribution in [3.63, 3.8) is 0 Å². The Labute approximate surface area is 118 Å². The van der Waals surface area contributed by atoms with Crippen molar-refractivity contribution >= 4 is 23.6 Å². The molecule has 2 heterocycles. The summed E-state index contributed by atoms with van der Waals surface area (Å²) in [6.45, 7) is 7.90. The van der Waals surface area contributed by atoms with Crippen LogP contribution in [-0.4, -0.2) is 27.9 Å². The Morgan fingerprint density at radius 3 is 2.35 bits per heavy atom. The van der Waals surface area contributed by atoms with Gasteiger partial charge in [-0.1, -0.05) is 0 Å². The first-order valence-electron chi connectivity index (χ1n) is 6.67. The zero-order chi connectivity index (χ0) is 14.7. The second-order valence-electron chi connectivity index (χ2n) is 6.31. The molecule has 0 spiro atoms. The van der Waals surface area contributed by atoms with Crippen molar-refractivity contribution in [1.82, 2.24) is 9.55 Å². The second kappa shape index (κ2) is 4.05. The first kappa shape index (κ1) is 13.6. The van der Waals surface area contributed by atoms with Crippen LogP contribution >= 0.6 is 0 Å². The molecule has 1 aromatic heterocycles. The zero-order valence-electron chi connectivity index (χ0n) is 12.4. The van der Waals surface area contributed by atoms with E-state index in [1.807, 2.05) is 33.8 Å². The maximum absolute atomic E-state index is 14.2. The highest BCUT2D eigenvalue weighted by atomic mass is 19.1. The summed E-state index contributed by atoms with van der Waals surface area (Å²) in [7, 11) is 1.20. The fourth-order valence-corrected chi connectivity index (χ4v) is 2.37. The molecular weight excluding hydrogens is 258 g/mol. The van der Waals surface area contributed by atoms with Gasteiger partial charge in [-0.3, -0.25) is 0 Å². The third kappa shape index (κ3) is 1.86. The molecule has 0 amide bonds. The summed E-state index contributed by atoms with van der Waals surface area (Å²) in [4.78, 5) is 4.20. The van der Waals surface area contributed by atoms with Crippen LogP contribution in [0.1, 0.15) is 27.7 Å². The van der Waals surface area contributed by atoms with Crippen LogP contribution in [0.25, 0.3) is 11.0 Å². The predicted molar refractivity (Wildman–Crippen MR) is 76.4 cm³/mol. The fraction of sp³-hybridized carbons (Fsp3) is 0.500. The van der Waals surface area contributed by atoms with Crippen molar-refractivity contribution in [2.24, 2.45) is 7.05 Å². The molecule has 1 saturated heterocycles. The number of aryl methyl sites for hydroxylation is 1. The molecule has 0 atom stereocenters. The van der Waals surface area contributed by atoms with Crippen LogP contribution in [-0.2, 0) is 16.4 Å². The van der Waals surface area contributed by atoms with Crippen LogP contribution in [0, 0.1) is 5.82 Å². The molecule has 1 aliphatic rings. The van der Waals surface area contributed by atoms with Gasteiger partial charge in [0.05, 0.1) is 23.0 Å². The molecule has 0 radical (unpaired) electrons. The molecule has 0 saturated carbocycles. The van der Waals surface area contributed by atoms with E-state index in [1.165, 1.54) is 6.07 Å². The van der Waals surface area contributed by atoms with Gasteiger partial charge in [0.1, 0.15) is 11.3 Å². The number of aromatic nitrogens is 2. The molecule has 1 fully saturated rings. The van der Waals surface area contributed by atoms with Gasteiger partial charge in [-0.15, -0.1) is 0 Å². The van der Waals surface area contributed by atoms with E-state index in [4.69, 9.17) is 9.31 Å². The normalized spacial score (nSPS) is 20.8. The van der Waals surface area contributed by atoms with Crippen molar-refractivity contribution in [2.75, 3.05) is 0 Å². The SMILES string of the molecule is Cn1cnc2cc(B3OC(C)(C)C(C)(C)O3)cc(F)c21. The minimum absolute atomic E-state index is 0.313. The minimum atomic E-state index is -0.569.